The maximum atomic E-state index is 11.9. The molecule has 0 radical (unpaired) electrons. The third kappa shape index (κ3) is 1.82. The second-order valence-electron chi connectivity index (χ2n) is 2.47. The molecule has 0 spiro atoms. The van der Waals surface area contributed by atoms with Gasteiger partial charge in [0.15, 0.2) is 12.5 Å². The van der Waals surface area contributed by atoms with Gasteiger partial charge in [-0.1, -0.05) is 0 Å². The summed E-state index contributed by atoms with van der Waals surface area (Å²) in [5.41, 5.74) is 6.07. The van der Waals surface area contributed by atoms with Gasteiger partial charge in [0.05, 0.1) is 5.56 Å². The molecule has 3 nitrogen and oxygen atoms in total. The zero-order chi connectivity index (χ0) is 9.84. The van der Waals surface area contributed by atoms with Gasteiger partial charge in [-0.15, -0.1) is 0 Å². The van der Waals surface area contributed by atoms with Crippen LogP contribution in [0.5, 0.6) is 0 Å². The Bertz CT molecular complexity index is 382. The van der Waals surface area contributed by atoms with E-state index in [2.05, 4.69) is 0 Å². The van der Waals surface area contributed by atoms with E-state index in [1.165, 1.54) is 18.2 Å². The van der Waals surface area contributed by atoms with Crippen molar-refractivity contribution in [3.63, 3.8) is 0 Å². The summed E-state index contributed by atoms with van der Waals surface area (Å²) in [7, 11) is 0. The topological polar surface area (TPSA) is 66.9 Å². The Morgan fingerprint density at radius 1 is 1.62 bits per heavy atom. The highest BCUT2D eigenvalue weighted by atomic mass is 19.1. The van der Waals surface area contributed by atoms with Gasteiger partial charge in [0.25, 0.3) is 0 Å². The first-order chi connectivity index (χ1) is 6.19. The van der Waals surface area contributed by atoms with Crippen molar-refractivity contribution >= 4 is 11.5 Å². The van der Waals surface area contributed by atoms with Crippen LogP contribution in [0.1, 0.15) is 15.9 Å². The molecular weight excluding hydrogens is 171 g/mol. The summed E-state index contributed by atoms with van der Waals surface area (Å²) in [6, 6.07) is 5.92. The van der Waals surface area contributed by atoms with Gasteiger partial charge in [-0.25, -0.2) is 4.39 Å². The van der Waals surface area contributed by atoms with Crippen LogP contribution >= 0.6 is 0 Å². The summed E-state index contributed by atoms with van der Waals surface area (Å²) in [6.07, 6.45) is 0. The predicted octanol–water partition coefficient (Wildman–Crippen LogP) is 1.29. The Hall–Kier alpha value is -1.89. The van der Waals surface area contributed by atoms with Crippen LogP contribution in [0, 0.1) is 11.3 Å². The minimum atomic E-state index is -1.06. The van der Waals surface area contributed by atoms with Crippen molar-refractivity contribution in [1.29, 1.82) is 5.26 Å². The molecule has 4 heteroatoms. The predicted molar refractivity (Wildman–Crippen MR) is 45.9 cm³/mol. The molecule has 1 rings (SSSR count). The van der Waals surface area contributed by atoms with E-state index in [1.54, 1.807) is 0 Å². The summed E-state index contributed by atoms with van der Waals surface area (Å²) < 4.78 is 11.9. The van der Waals surface area contributed by atoms with E-state index in [0.29, 0.717) is 0 Å². The van der Waals surface area contributed by atoms with Gasteiger partial charge in [0, 0.05) is 11.3 Å². The number of carbonyl (C=O) groups is 1. The van der Waals surface area contributed by atoms with E-state index < -0.39 is 12.5 Å². The van der Waals surface area contributed by atoms with Gasteiger partial charge >= 0.3 is 0 Å². The van der Waals surface area contributed by atoms with Crippen molar-refractivity contribution in [1.82, 2.24) is 0 Å². The molecule has 0 fully saturated rings. The van der Waals surface area contributed by atoms with E-state index in [1.807, 2.05) is 6.07 Å². The lowest BCUT2D eigenvalue weighted by molar-refractivity contribution is 0.0958. The number of carbonyl (C=O) groups excluding carboxylic acids is 1. The number of hydrogen-bond acceptors (Lipinski definition) is 3. The average molecular weight is 178 g/mol. The van der Waals surface area contributed by atoms with Crippen molar-refractivity contribution in [2.45, 2.75) is 0 Å². The van der Waals surface area contributed by atoms with Crippen LogP contribution in [0.25, 0.3) is 0 Å². The zero-order valence-electron chi connectivity index (χ0n) is 6.75. The molecule has 0 unspecified atom stereocenters. The van der Waals surface area contributed by atoms with Crippen molar-refractivity contribution in [3.05, 3.63) is 29.3 Å². The Kier molecular flexibility index (Phi) is 2.60. The fourth-order valence-electron chi connectivity index (χ4n) is 0.904. The van der Waals surface area contributed by atoms with Crippen molar-refractivity contribution in [2.75, 3.05) is 12.4 Å². The molecule has 0 amide bonds. The van der Waals surface area contributed by atoms with Crippen LogP contribution in [0.4, 0.5) is 10.1 Å². The summed E-state index contributed by atoms with van der Waals surface area (Å²) in [4.78, 5) is 10.9. The van der Waals surface area contributed by atoms with E-state index in [4.69, 9.17) is 11.0 Å². The van der Waals surface area contributed by atoms with E-state index in [-0.39, 0.29) is 16.8 Å². The van der Waals surface area contributed by atoms with Crippen LogP contribution in [-0.2, 0) is 0 Å². The van der Waals surface area contributed by atoms with Crippen molar-refractivity contribution in [2.24, 2.45) is 0 Å². The molecule has 0 atom stereocenters. The van der Waals surface area contributed by atoms with Crippen LogP contribution in [0.3, 0.4) is 0 Å². The van der Waals surface area contributed by atoms with Crippen LogP contribution in [0.2, 0.25) is 0 Å². The highest BCUT2D eigenvalue weighted by Crippen LogP contribution is 2.13. The van der Waals surface area contributed by atoms with Gasteiger partial charge in [-0.2, -0.15) is 5.26 Å². The third-order valence-electron chi connectivity index (χ3n) is 1.62. The lowest BCUT2D eigenvalue weighted by Crippen LogP contribution is -2.02. The summed E-state index contributed by atoms with van der Waals surface area (Å²) >= 11 is 0. The summed E-state index contributed by atoms with van der Waals surface area (Å²) in [5.74, 6) is -0.642. The Balaban J connectivity index is 3.15. The number of hydrogen-bond donors (Lipinski definition) is 1. The lowest BCUT2D eigenvalue weighted by atomic mass is 10.1. The maximum absolute atomic E-state index is 11.9. The Morgan fingerprint density at radius 3 is 2.85 bits per heavy atom. The highest BCUT2D eigenvalue weighted by Gasteiger charge is 2.07. The third-order valence-corrected chi connectivity index (χ3v) is 1.62. The smallest absolute Gasteiger partial charge is 0.193 e. The van der Waals surface area contributed by atoms with E-state index in [0.717, 1.165) is 0 Å². The molecule has 0 saturated heterocycles. The fraction of sp³-hybridized carbons (Fsp3) is 0.111. The van der Waals surface area contributed by atoms with Gasteiger partial charge < -0.3 is 5.73 Å². The molecule has 0 saturated carbocycles. The Morgan fingerprint density at radius 2 is 2.31 bits per heavy atom. The molecule has 2 N–H and O–H groups in total. The molecule has 0 aliphatic rings. The first-order valence-electron chi connectivity index (χ1n) is 3.58. The number of alkyl halides is 1. The zero-order valence-corrected chi connectivity index (χ0v) is 6.75. The quantitative estimate of drug-likeness (QED) is 0.548. The number of nitrogens with two attached hydrogens (primary N) is 1. The molecular formula is C9H7FN2O. The molecule has 1 aromatic carbocycles. The monoisotopic (exact) mass is 178 g/mol. The first kappa shape index (κ1) is 9.20. The second kappa shape index (κ2) is 3.68. The standard InChI is InChI=1S/C9H7FN2O/c10-4-9(13)6-1-2-8(12)7(3-6)5-11/h1-3H,4,12H2. The normalized spacial score (nSPS) is 9.23. The number of Topliss-reactive ketones (excluding diaryl/α,β-unsaturated/α-hetero) is 1. The summed E-state index contributed by atoms with van der Waals surface area (Å²) in [5, 5.41) is 8.56. The molecule has 66 valence electrons. The van der Waals surface area contributed by atoms with E-state index >= 15 is 0 Å². The molecule has 0 aromatic heterocycles. The number of benzene rings is 1. The second-order valence-corrected chi connectivity index (χ2v) is 2.47. The number of nitriles is 1. The SMILES string of the molecule is N#Cc1cc(C(=O)CF)ccc1N. The van der Waals surface area contributed by atoms with Crippen molar-refractivity contribution in [3.8, 4) is 6.07 Å². The van der Waals surface area contributed by atoms with E-state index in [9.17, 15) is 9.18 Å². The minimum absolute atomic E-state index is 0.174. The van der Waals surface area contributed by atoms with Gasteiger partial charge in [0.2, 0.25) is 0 Å². The molecule has 0 aliphatic carbocycles. The lowest BCUT2D eigenvalue weighted by Gasteiger charge is -1.99. The molecule has 0 bridgehead atoms. The number of rotatable bonds is 2. The molecule has 0 aliphatic heterocycles. The first-order valence-corrected chi connectivity index (χ1v) is 3.58. The fourth-order valence-corrected chi connectivity index (χ4v) is 0.904. The number of nitrogens with zero attached hydrogens (tertiary/aromatic N) is 1. The number of halogens is 1. The number of ketones is 1. The Labute approximate surface area is 74.6 Å². The van der Waals surface area contributed by atoms with Gasteiger partial charge in [0.1, 0.15) is 6.07 Å². The molecule has 0 heterocycles. The van der Waals surface area contributed by atoms with Gasteiger partial charge in [-0.05, 0) is 18.2 Å². The average Bonchev–Trinajstić information content (AvgIpc) is 2.17. The van der Waals surface area contributed by atoms with Crippen molar-refractivity contribution < 1.29 is 9.18 Å². The highest BCUT2D eigenvalue weighted by molar-refractivity contribution is 5.97. The van der Waals surface area contributed by atoms with Crippen LogP contribution in [-0.4, -0.2) is 12.5 Å². The minimum Gasteiger partial charge on any atom is -0.398 e. The summed E-state index contributed by atoms with van der Waals surface area (Å²) in [6.45, 7) is -1.06. The molecule has 1 aromatic rings. The number of anilines is 1. The van der Waals surface area contributed by atoms with Gasteiger partial charge in [-0.3, -0.25) is 4.79 Å². The maximum Gasteiger partial charge on any atom is 0.193 e. The largest absolute Gasteiger partial charge is 0.398 e. The van der Waals surface area contributed by atoms with Crippen LogP contribution in [0.15, 0.2) is 18.2 Å². The number of nitrogen functional groups attached to an aromatic ring is 1. The van der Waals surface area contributed by atoms with Crippen LogP contribution < -0.4 is 5.73 Å². The molecule has 13 heavy (non-hydrogen) atoms.